The first-order valence-corrected chi connectivity index (χ1v) is 7.55. The van der Waals surface area contributed by atoms with Gasteiger partial charge in [0.1, 0.15) is 5.82 Å². The van der Waals surface area contributed by atoms with Crippen LogP contribution < -0.4 is 5.32 Å². The number of piperidine rings is 2. The molecule has 0 aliphatic carbocycles. The lowest BCUT2D eigenvalue weighted by Crippen LogP contribution is -2.31. The van der Waals surface area contributed by atoms with Crippen LogP contribution in [0, 0.1) is 0 Å². The van der Waals surface area contributed by atoms with Crippen molar-refractivity contribution in [3.63, 3.8) is 0 Å². The molecule has 4 nitrogen and oxygen atoms in total. The first kappa shape index (κ1) is 13.0. The molecule has 1 aromatic rings. The van der Waals surface area contributed by atoms with E-state index in [2.05, 4.69) is 28.3 Å². The molecule has 0 radical (unpaired) electrons. The second kappa shape index (κ2) is 5.97. The lowest BCUT2D eigenvalue weighted by molar-refractivity contribution is 0.253. The van der Waals surface area contributed by atoms with Crippen molar-refractivity contribution in [3.05, 3.63) is 23.8 Å². The molecule has 2 fully saturated rings. The predicted molar refractivity (Wildman–Crippen MR) is 76.3 cm³/mol. The summed E-state index contributed by atoms with van der Waals surface area (Å²) in [6.07, 6.45) is 6.90. The first-order valence-electron chi connectivity index (χ1n) is 7.55. The molecular weight excluding hydrogens is 236 g/mol. The molecule has 19 heavy (non-hydrogen) atoms. The molecule has 1 N–H and O–H groups in total. The van der Waals surface area contributed by atoms with Crippen molar-refractivity contribution in [1.82, 2.24) is 20.2 Å². The largest absolute Gasteiger partial charge is 0.316 e. The van der Waals surface area contributed by atoms with Crippen molar-refractivity contribution in [1.29, 1.82) is 0 Å². The quantitative estimate of drug-likeness (QED) is 0.879. The lowest BCUT2D eigenvalue weighted by atomic mass is 9.93. The predicted octanol–water partition coefficient (Wildman–Crippen LogP) is 1.75. The van der Waals surface area contributed by atoms with Gasteiger partial charge in [-0.05, 0) is 58.4 Å². The Kier molecular flexibility index (Phi) is 4.09. The lowest BCUT2D eigenvalue weighted by Gasteiger charge is -2.29. The summed E-state index contributed by atoms with van der Waals surface area (Å²) in [5, 5.41) is 3.45. The molecule has 1 unspecified atom stereocenters. The van der Waals surface area contributed by atoms with Gasteiger partial charge < -0.3 is 10.2 Å². The van der Waals surface area contributed by atoms with E-state index in [4.69, 9.17) is 4.98 Å². The molecule has 0 spiro atoms. The molecule has 3 rings (SSSR count). The van der Waals surface area contributed by atoms with E-state index in [1.54, 1.807) is 0 Å². The van der Waals surface area contributed by atoms with Crippen LogP contribution in [0.3, 0.4) is 0 Å². The Morgan fingerprint density at radius 3 is 2.79 bits per heavy atom. The topological polar surface area (TPSA) is 41.1 Å². The highest BCUT2D eigenvalue weighted by atomic mass is 15.1. The summed E-state index contributed by atoms with van der Waals surface area (Å²) in [5.41, 5.74) is 1.27. The highest BCUT2D eigenvalue weighted by Gasteiger charge is 2.22. The van der Waals surface area contributed by atoms with Gasteiger partial charge in [-0.1, -0.05) is 0 Å². The average molecular weight is 260 g/mol. The zero-order valence-electron chi connectivity index (χ0n) is 11.8. The highest BCUT2D eigenvalue weighted by Crippen LogP contribution is 2.27. The van der Waals surface area contributed by atoms with Crippen LogP contribution in [0.5, 0.6) is 0 Å². The fourth-order valence-corrected chi connectivity index (χ4v) is 3.19. The number of likely N-dealkylation sites (tertiary alicyclic amines) is 1. The van der Waals surface area contributed by atoms with Crippen molar-refractivity contribution in [2.45, 2.75) is 37.5 Å². The zero-order valence-corrected chi connectivity index (χ0v) is 11.8. The van der Waals surface area contributed by atoms with Gasteiger partial charge in [0.05, 0.1) is 0 Å². The maximum absolute atomic E-state index is 4.88. The third kappa shape index (κ3) is 3.12. The monoisotopic (exact) mass is 260 g/mol. The molecule has 2 saturated heterocycles. The van der Waals surface area contributed by atoms with Crippen molar-refractivity contribution < 1.29 is 0 Å². The minimum Gasteiger partial charge on any atom is -0.316 e. The van der Waals surface area contributed by atoms with Gasteiger partial charge in [0.15, 0.2) is 0 Å². The molecule has 2 aliphatic heterocycles. The van der Waals surface area contributed by atoms with E-state index in [1.807, 2.05) is 6.20 Å². The second-order valence-electron chi connectivity index (χ2n) is 5.96. The van der Waals surface area contributed by atoms with Crippen molar-refractivity contribution >= 4 is 0 Å². The van der Waals surface area contributed by atoms with Gasteiger partial charge in [0.25, 0.3) is 0 Å². The molecule has 0 saturated carbocycles. The summed E-state index contributed by atoms with van der Waals surface area (Å²) in [6.45, 7) is 4.56. The molecule has 0 aromatic carbocycles. The number of nitrogens with zero attached hydrogens (tertiary/aromatic N) is 3. The van der Waals surface area contributed by atoms with Crippen LogP contribution in [-0.4, -0.2) is 48.1 Å². The SMILES string of the molecule is CN1CCC(c2ccnc(C3CCCNC3)n2)CC1. The molecule has 3 heterocycles. The van der Waals surface area contributed by atoms with E-state index in [1.165, 1.54) is 44.5 Å². The van der Waals surface area contributed by atoms with Crippen LogP contribution in [0.25, 0.3) is 0 Å². The minimum absolute atomic E-state index is 0.514. The maximum atomic E-state index is 4.88. The fourth-order valence-electron chi connectivity index (χ4n) is 3.19. The Hall–Kier alpha value is -1.00. The van der Waals surface area contributed by atoms with Gasteiger partial charge in [0.2, 0.25) is 0 Å². The summed E-state index contributed by atoms with van der Waals surface area (Å²) in [5.74, 6) is 2.21. The number of nitrogens with one attached hydrogen (secondary N) is 1. The number of aromatic nitrogens is 2. The Morgan fingerprint density at radius 1 is 1.21 bits per heavy atom. The average Bonchev–Trinajstić information content (AvgIpc) is 2.49. The van der Waals surface area contributed by atoms with Crippen LogP contribution in [0.15, 0.2) is 12.3 Å². The molecule has 0 amide bonds. The minimum atomic E-state index is 0.514. The number of rotatable bonds is 2. The van der Waals surface area contributed by atoms with Crippen molar-refractivity contribution in [3.8, 4) is 0 Å². The van der Waals surface area contributed by atoms with E-state index < -0.39 is 0 Å². The Bertz CT molecular complexity index is 406. The van der Waals surface area contributed by atoms with Gasteiger partial charge in [0, 0.05) is 30.3 Å². The van der Waals surface area contributed by atoms with Gasteiger partial charge in [-0.2, -0.15) is 0 Å². The summed E-state index contributed by atoms with van der Waals surface area (Å²) < 4.78 is 0. The summed E-state index contributed by atoms with van der Waals surface area (Å²) >= 11 is 0. The third-order valence-electron chi connectivity index (χ3n) is 4.49. The highest BCUT2D eigenvalue weighted by molar-refractivity contribution is 5.12. The standard InChI is InChI=1S/C15H24N4/c1-19-9-5-12(6-10-19)14-4-8-17-15(18-14)13-3-2-7-16-11-13/h4,8,12-13,16H,2-3,5-7,9-11H2,1H3. The third-order valence-corrected chi connectivity index (χ3v) is 4.49. The molecule has 0 bridgehead atoms. The summed E-state index contributed by atoms with van der Waals surface area (Å²) in [7, 11) is 2.20. The summed E-state index contributed by atoms with van der Waals surface area (Å²) in [4.78, 5) is 11.8. The first-order chi connectivity index (χ1) is 9.33. The van der Waals surface area contributed by atoms with Crippen molar-refractivity contribution in [2.75, 3.05) is 33.2 Å². The molecule has 1 aromatic heterocycles. The van der Waals surface area contributed by atoms with Crippen molar-refractivity contribution in [2.24, 2.45) is 0 Å². The Morgan fingerprint density at radius 2 is 2.05 bits per heavy atom. The molecule has 1 atom stereocenters. The normalized spacial score (nSPS) is 26.5. The number of hydrogen-bond acceptors (Lipinski definition) is 4. The van der Waals surface area contributed by atoms with E-state index in [0.29, 0.717) is 11.8 Å². The van der Waals surface area contributed by atoms with Gasteiger partial charge in [-0.3, -0.25) is 0 Å². The fraction of sp³-hybridized carbons (Fsp3) is 0.733. The summed E-state index contributed by atoms with van der Waals surface area (Å²) in [6, 6.07) is 2.12. The Balaban J connectivity index is 1.72. The van der Waals surface area contributed by atoms with Crippen LogP contribution in [0.1, 0.15) is 49.0 Å². The van der Waals surface area contributed by atoms with Gasteiger partial charge in [-0.25, -0.2) is 9.97 Å². The van der Waals surface area contributed by atoms with Crippen LogP contribution >= 0.6 is 0 Å². The van der Waals surface area contributed by atoms with E-state index >= 15 is 0 Å². The van der Waals surface area contributed by atoms with E-state index in [-0.39, 0.29) is 0 Å². The van der Waals surface area contributed by atoms with Crippen LogP contribution in [0.2, 0.25) is 0 Å². The molecule has 2 aliphatic rings. The molecule has 104 valence electrons. The van der Waals surface area contributed by atoms with Gasteiger partial charge >= 0.3 is 0 Å². The second-order valence-corrected chi connectivity index (χ2v) is 5.96. The zero-order chi connectivity index (χ0) is 13.1. The van der Waals surface area contributed by atoms with E-state index in [0.717, 1.165) is 18.9 Å². The van der Waals surface area contributed by atoms with Crippen LogP contribution in [-0.2, 0) is 0 Å². The van der Waals surface area contributed by atoms with Crippen LogP contribution in [0.4, 0.5) is 0 Å². The smallest absolute Gasteiger partial charge is 0.132 e. The van der Waals surface area contributed by atoms with Gasteiger partial charge in [-0.15, -0.1) is 0 Å². The number of hydrogen-bond donors (Lipinski definition) is 1. The van der Waals surface area contributed by atoms with E-state index in [9.17, 15) is 0 Å². The Labute approximate surface area is 115 Å². The molecule has 4 heteroatoms. The maximum Gasteiger partial charge on any atom is 0.132 e. The molecular formula is C15H24N4.